The highest BCUT2D eigenvalue weighted by atomic mass is 32.1. The van der Waals surface area contributed by atoms with E-state index in [-0.39, 0.29) is 5.82 Å². The van der Waals surface area contributed by atoms with Gasteiger partial charge in [-0.1, -0.05) is 0 Å². The zero-order chi connectivity index (χ0) is 12.6. The molecule has 0 radical (unpaired) electrons. The lowest BCUT2D eigenvalue weighted by atomic mass is 9.85. The van der Waals surface area contributed by atoms with Crippen LogP contribution in [0.15, 0.2) is 29.6 Å². The first kappa shape index (κ1) is 11.3. The van der Waals surface area contributed by atoms with Gasteiger partial charge in [-0.05, 0) is 24.3 Å². The van der Waals surface area contributed by atoms with Crippen molar-refractivity contribution in [3.8, 4) is 16.6 Å². The summed E-state index contributed by atoms with van der Waals surface area (Å²) >= 11 is 1.46. The molecular formula is C13H9FN2OS. The van der Waals surface area contributed by atoms with Crippen molar-refractivity contribution in [1.29, 1.82) is 5.26 Å². The Kier molecular flexibility index (Phi) is 2.62. The Morgan fingerprint density at radius 3 is 2.61 bits per heavy atom. The third kappa shape index (κ3) is 1.70. The van der Waals surface area contributed by atoms with E-state index in [9.17, 15) is 9.65 Å². The fourth-order valence-electron chi connectivity index (χ4n) is 1.79. The molecule has 1 aromatic heterocycles. The second-order valence-electron chi connectivity index (χ2n) is 4.23. The monoisotopic (exact) mass is 260 g/mol. The van der Waals surface area contributed by atoms with E-state index in [1.165, 1.54) is 23.5 Å². The van der Waals surface area contributed by atoms with E-state index < -0.39 is 5.41 Å². The van der Waals surface area contributed by atoms with Crippen molar-refractivity contribution in [2.75, 3.05) is 13.2 Å². The quantitative estimate of drug-likeness (QED) is 0.834. The topological polar surface area (TPSA) is 45.9 Å². The number of halogens is 1. The van der Waals surface area contributed by atoms with Crippen LogP contribution in [0.2, 0.25) is 0 Å². The maximum Gasteiger partial charge on any atom is 0.146 e. The summed E-state index contributed by atoms with van der Waals surface area (Å²) in [5, 5.41) is 11.9. The molecule has 2 heterocycles. The Morgan fingerprint density at radius 1 is 1.33 bits per heavy atom. The molecular weight excluding hydrogens is 251 g/mol. The lowest BCUT2D eigenvalue weighted by Crippen LogP contribution is -2.45. The van der Waals surface area contributed by atoms with Crippen molar-refractivity contribution in [3.63, 3.8) is 0 Å². The largest absolute Gasteiger partial charge is 0.377 e. The van der Waals surface area contributed by atoms with Gasteiger partial charge >= 0.3 is 0 Å². The van der Waals surface area contributed by atoms with Gasteiger partial charge < -0.3 is 4.74 Å². The van der Waals surface area contributed by atoms with Gasteiger partial charge in [0.2, 0.25) is 0 Å². The molecule has 0 saturated carbocycles. The molecule has 3 rings (SSSR count). The third-order valence-electron chi connectivity index (χ3n) is 3.00. The van der Waals surface area contributed by atoms with E-state index in [0.29, 0.717) is 13.2 Å². The Morgan fingerprint density at radius 2 is 2.06 bits per heavy atom. The molecule has 1 saturated heterocycles. The number of aromatic nitrogens is 1. The first-order valence-electron chi connectivity index (χ1n) is 5.44. The van der Waals surface area contributed by atoms with Crippen LogP contribution < -0.4 is 0 Å². The Bertz CT molecular complexity index is 611. The van der Waals surface area contributed by atoms with Crippen molar-refractivity contribution in [3.05, 3.63) is 41.2 Å². The van der Waals surface area contributed by atoms with Crippen LogP contribution in [0.5, 0.6) is 0 Å². The summed E-state index contributed by atoms with van der Waals surface area (Å²) < 4.78 is 17.9. The molecule has 0 N–H and O–H groups in total. The molecule has 18 heavy (non-hydrogen) atoms. The lowest BCUT2D eigenvalue weighted by Gasteiger charge is -2.33. The Hall–Kier alpha value is -1.77. The SMILES string of the molecule is N#CC1(c2csc(-c3ccc(F)cc3)n2)COC1. The summed E-state index contributed by atoms with van der Waals surface area (Å²) in [7, 11) is 0. The molecule has 1 aliphatic rings. The van der Waals surface area contributed by atoms with Gasteiger partial charge in [-0.3, -0.25) is 0 Å². The van der Waals surface area contributed by atoms with Crippen molar-refractivity contribution in [2.45, 2.75) is 5.41 Å². The van der Waals surface area contributed by atoms with Crippen LogP contribution in [0.1, 0.15) is 5.69 Å². The number of rotatable bonds is 2. The fraction of sp³-hybridized carbons (Fsp3) is 0.231. The Balaban J connectivity index is 1.95. The number of hydrogen-bond acceptors (Lipinski definition) is 4. The highest BCUT2D eigenvalue weighted by Gasteiger charge is 2.43. The average molecular weight is 260 g/mol. The predicted molar refractivity (Wildman–Crippen MR) is 65.6 cm³/mol. The summed E-state index contributed by atoms with van der Waals surface area (Å²) in [4.78, 5) is 4.47. The van der Waals surface area contributed by atoms with Crippen LogP contribution in [-0.4, -0.2) is 18.2 Å². The van der Waals surface area contributed by atoms with Crippen LogP contribution in [0.3, 0.4) is 0 Å². The standard InChI is InChI=1S/C13H9FN2OS/c14-10-3-1-9(2-4-10)12-16-11(5-18-12)13(6-15)7-17-8-13/h1-5H,7-8H2. The maximum absolute atomic E-state index is 12.8. The molecule has 1 aromatic carbocycles. The summed E-state index contributed by atoms with van der Waals surface area (Å²) in [5.41, 5.74) is 1.02. The molecule has 2 aromatic rings. The molecule has 0 atom stereocenters. The summed E-state index contributed by atoms with van der Waals surface area (Å²) in [6.45, 7) is 0.798. The molecule has 1 fully saturated rings. The second-order valence-corrected chi connectivity index (χ2v) is 5.09. The normalized spacial score (nSPS) is 16.9. The molecule has 0 aliphatic carbocycles. The van der Waals surface area contributed by atoms with Gasteiger partial charge in [0.15, 0.2) is 0 Å². The minimum Gasteiger partial charge on any atom is -0.377 e. The van der Waals surface area contributed by atoms with Crippen LogP contribution in [-0.2, 0) is 10.2 Å². The second kappa shape index (κ2) is 4.16. The van der Waals surface area contributed by atoms with E-state index in [2.05, 4.69) is 11.1 Å². The average Bonchev–Trinajstić information content (AvgIpc) is 2.79. The minimum atomic E-state index is -0.589. The molecule has 3 nitrogen and oxygen atoms in total. The van der Waals surface area contributed by atoms with Gasteiger partial charge in [-0.2, -0.15) is 5.26 Å². The minimum absolute atomic E-state index is 0.267. The predicted octanol–water partition coefficient (Wildman–Crippen LogP) is 2.74. The van der Waals surface area contributed by atoms with E-state index in [4.69, 9.17) is 4.74 Å². The van der Waals surface area contributed by atoms with Crippen LogP contribution in [0, 0.1) is 17.1 Å². The van der Waals surface area contributed by atoms with Gasteiger partial charge in [0.1, 0.15) is 16.2 Å². The van der Waals surface area contributed by atoms with Gasteiger partial charge in [0, 0.05) is 10.9 Å². The lowest BCUT2D eigenvalue weighted by molar-refractivity contribution is -0.0314. The number of benzene rings is 1. The molecule has 5 heteroatoms. The summed E-state index contributed by atoms with van der Waals surface area (Å²) in [6, 6.07) is 8.45. The van der Waals surface area contributed by atoms with E-state index >= 15 is 0 Å². The van der Waals surface area contributed by atoms with Crippen molar-refractivity contribution >= 4 is 11.3 Å². The zero-order valence-corrected chi connectivity index (χ0v) is 10.2. The van der Waals surface area contributed by atoms with Crippen LogP contribution in [0.4, 0.5) is 4.39 Å². The highest BCUT2D eigenvalue weighted by Crippen LogP contribution is 2.34. The fourth-order valence-corrected chi connectivity index (χ4v) is 2.72. The molecule has 0 unspecified atom stereocenters. The van der Waals surface area contributed by atoms with Crippen LogP contribution in [0.25, 0.3) is 10.6 Å². The number of hydrogen-bond donors (Lipinski definition) is 0. The van der Waals surface area contributed by atoms with E-state index in [1.807, 2.05) is 5.38 Å². The highest BCUT2D eigenvalue weighted by molar-refractivity contribution is 7.13. The zero-order valence-electron chi connectivity index (χ0n) is 9.39. The molecule has 0 bridgehead atoms. The van der Waals surface area contributed by atoms with Gasteiger partial charge in [-0.15, -0.1) is 11.3 Å². The molecule has 0 spiro atoms. The molecule has 1 aliphatic heterocycles. The third-order valence-corrected chi connectivity index (χ3v) is 3.89. The number of ether oxygens (including phenoxy) is 1. The van der Waals surface area contributed by atoms with Gasteiger partial charge in [-0.25, -0.2) is 9.37 Å². The molecule has 0 amide bonds. The van der Waals surface area contributed by atoms with Crippen LogP contribution >= 0.6 is 11.3 Å². The molecule has 90 valence electrons. The summed E-state index contributed by atoms with van der Waals surface area (Å²) in [5.74, 6) is -0.267. The Labute approximate surface area is 107 Å². The number of nitriles is 1. The van der Waals surface area contributed by atoms with E-state index in [0.717, 1.165) is 16.3 Å². The van der Waals surface area contributed by atoms with E-state index in [1.54, 1.807) is 12.1 Å². The number of nitrogens with zero attached hydrogens (tertiary/aromatic N) is 2. The van der Waals surface area contributed by atoms with Gasteiger partial charge in [0.25, 0.3) is 0 Å². The van der Waals surface area contributed by atoms with Crippen molar-refractivity contribution in [1.82, 2.24) is 4.98 Å². The van der Waals surface area contributed by atoms with Gasteiger partial charge in [0.05, 0.1) is 25.0 Å². The maximum atomic E-state index is 12.8. The summed E-state index contributed by atoms with van der Waals surface area (Å²) in [6.07, 6.45) is 0. The smallest absolute Gasteiger partial charge is 0.146 e. The first-order valence-corrected chi connectivity index (χ1v) is 6.32. The van der Waals surface area contributed by atoms with Crippen molar-refractivity contribution in [2.24, 2.45) is 0 Å². The number of thiazole rings is 1. The first-order chi connectivity index (χ1) is 8.73. The van der Waals surface area contributed by atoms with Crippen molar-refractivity contribution < 1.29 is 9.13 Å².